The summed E-state index contributed by atoms with van der Waals surface area (Å²) in [6.45, 7) is 4.14. The molecule has 2 rings (SSSR count). The highest BCUT2D eigenvalue weighted by Gasteiger charge is 2.19. The van der Waals surface area contributed by atoms with Gasteiger partial charge >= 0.3 is 0 Å². The third-order valence-electron chi connectivity index (χ3n) is 2.58. The molecule has 0 aromatic heterocycles. The van der Waals surface area contributed by atoms with E-state index in [-0.39, 0.29) is 0 Å². The highest BCUT2D eigenvalue weighted by Crippen LogP contribution is 2.25. The molecule has 0 radical (unpaired) electrons. The number of rotatable bonds is 4. The average molecular weight is 270 g/mol. The van der Waals surface area contributed by atoms with Gasteiger partial charge in [0, 0.05) is 17.6 Å². The quantitative estimate of drug-likeness (QED) is 0.908. The fourth-order valence-electron chi connectivity index (χ4n) is 1.65. The molecule has 0 spiro atoms. The molecule has 1 N–H and O–H groups in total. The highest BCUT2D eigenvalue weighted by atomic mass is 79.9. The summed E-state index contributed by atoms with van der Waals surface area (Å²) in [5.41, 5.74) is 1.30. The number of hydrogen-bond donors (Lipinski definition) is 1. The SMILES string of the molecule is CCCc1cc(Br)ccc1OC1CNC1. The van der Waals surface area contributed by atoms with E-state index in [2.05, 4.69) is 40.3 Å². The topological polar surface area (TPSA) is 21.3 Å². The summed E-state index contributed by atoms with van der Waals surface area (Å²) in [5.74, 6) is 1.05. The largest absolute Gasteiger partial charge is 0.487 e. The molecule has 3 heteroatoms. The van der Waals surface area contributed by atoms with E-state index in [1.54, 1.807) is 0 Å². The Morgan fingerprint density at radius 3 is 2.87 bits per heavy atom. The van der Waals surface area contributed by atoms with Crippen molar-refractivity contribution >= 4 is 15.9 Å². The van der Waals surface area contributed by atoms with Gasteiger partial charge in [-0.15, -0.1) is 0 Å². The van der Waals surface area contributed by atoms with Gasteiger partial charge in [0.15, 0.2) is 0 Å². The fraction of sp³-hybridized carbons (Fsp3) is 0.500. The molecule has 82 valence electrons. The van der Waals surface area contributed by atoms with Crippen LogP contribution < -0.4 is 10.1 Å². The van der Waals surface area contributed by atoms with Crippen molar-refractivity contribution in [2.45, 2.75) is 25.9 Å². The molecule has 0 amide bonds. The summed E-state index contributed by atoms with van der Waals surface area (Å²) in [4.78, 5) is 0. The number of ether oxygens (including phenoxy) is 1. The smallest absolute Gasteiger partial charge is 0.123 e. The Kier molecular flexibility index (Phi) is 3.65. The minimum absolute atomic E-state index is 0.363. The van der Waals surface area contributed by atoms with Gasteiger partial charge in [0.1, 0.15) is 11.9 Å². The van der Waals surface area contributed by atoms with Crippen molar-refractivity contribution < 1.29 is 4.74 Å². The zero-order valence-electron chi connectivity index (χ0n) is 8.92. The van der Waals surface area contributed by atoms with Crippen LogP contribution >= 0.6 is 15.9 Å². The number of hydrogen-bond acceptors (Lipinski definition) is 2. The third kappa shape index (κ3) is 2.73. The molecule has 0 bridgehead atoms. The second-order valence-corrected chi connectivity index (χ2v) is 4.82. The lowest BCUT2D eigenvalue weighted by molar-refractivity contribution is 0.141. The number of benzene rings is 1. The van der Waals surface area contributed by atoms with Gasteiger partial charge in [-0.25, -0.2) is 0 Å². The molecular weight excluding hydrogens is 254 g/mol. The Labute approximate surface area is 99.1 Å². The van der Waals surface area contributed by atoms with Crippen LogP contribution in [-0.4, -0.2) is 19.2 Å². The normalized spacial score (nSPS) is 16.1. The first kappa shape index (κ1) is 11.0. The number of aryl methyl sites for hydroxylation is 1. The molecule has 2 nitrogen and oxygen atoms in total. The zero-order valence-corrected chi connectivity index (χ0v) is 10.5. The monoisotopic (exact) mass is 269 g/mol. The van der Waals surface area contributed by atoms with E-state index >= 15 is 0 Å². The molecule has 0 unspecified atom stereocenters. The average Bonchev–Trinajstić information content (AvgIpc) is 2.14. The first-order valence-corrected chi connectivity index (χ1v) is 6.24. The standard InChI is InChI=1S/C12H16BrNO/c1-2-3-9-6-10(13)4-5-12(9)15-11-7-14-8-11/h4-6,11,14H,2-3,7-8H2,1H3. The Bertz CT molecular complexity index is 336. The van der Waals surface area contributed by atoms with Crippen LogP contribution in [0.4, 0.5) is 0 Å². The van der Waals surface area contributed by atoms with E-state index in [1.807, 2.05) is 6.07 Å². The van der Waals surface area contributed by atoms with Gasteiger partial charge in [0.25, 0.3) is 0 Å². The molecule has 0 atom stereocenters. The molecule has 0 saturated carbocycles. The second-order valence-electron chi connectivity index (χ2n) is 3.90. The summed E-state index contributed by atoms with van der Waals surface area (Å²) >= 11 is 3.50. The second kappa shape index (κ2) is 4.99. The Morgan fingerprint density at radius 1 is 1.47 bits per heavy atom. The number of halogens is 1. The molecule has 1 aromatic rings. The van der Waals surface area contributed by atoms with Crippen LogP contribution in [-0.2, 0) is 6.42 Å². The summed E-state index contributed by atoms with van der Waals surface area (Å²) in [7, 11) is 0. The first-order chi connectivity index (χ1) is 7.29. The van der Waals surface area contributed by atoms with Crippen LogP contribution in [0.15, 0.2) is 22.7 Å². The molecule has 1 aliphatic heterocycles. The van der Waals surface area contributed by atoms with Crippen LogP contribution in [0.25, 0.3) is 0 Å². The molecule has 1 heterocycles. The van der Waals surface area contributed by atoms with Crippen LogP contribution in [0.2, 0.25) is 0 Å². The summed E-state index contributed by atoms with van der Waals surface area (Å²) in [6.07, 6.45) is 2.59. The maximum atomic E-state index is 5.91. The van der Waals surface area contributed by atoms with Crippen molar-refractivity contribution in [3.8, 4) is 5.75 Å². The van der Waals surface area contributed by atoms with Crippen LogP contribution in [0.1, 0.15) is 18.9 Å². The fourth-order valence-corrected chi connectivity index (χ4v) is 2.06. The van der Waals surface area contributed by atoms with Gasteiger partial charge in [-0.2, -0.15) is 0 Å². The lowest BCUT2D eigenvalue weighted by atomic mass is 10.1. The minimum atomic E-state index is 0.363. The van der Waals surface area contributed by atoms with E-state index in [1.165, 1.54) is 5.56 Å². The van der Waals surface area contributed by atoms with E-state index < -0.39 is 0 Å². The Hall–Kier alpha value is -0.540. The predicted molar refractivity (Wildman–Crippen MR) is 65.4 cm³/mol. The molecule has 0 aliphatic carbocycles. The van der Waals surface area contributed by atoms with Gasteiger partial charge in [0.2, 0.25) is 0 Å². The van der Waals surface area contributed by atoms with Crippen LogP contribution in [0.3, 0.4) is 0 Å². The van der Waals surface area contributed by atoms with Gasteiger partial charge in [-0.05, 0) is 30.2 Å². The Morgan fingerprint density at radius 2 is 2.27 bits per heavy atom. The van der Waals surface area contributed by atoms with Crippen molar-refractivity contribution in [2.24, 2.45) is 0 Å². The van der Waals surface area contributed by atoms with Gasteiger partial charge in [0.05, 0.1) is 0 Å². The van der Waals surface area contributed by atoms with Gasteiger partial charge in [-0.3, -0.25) is 0 Å². The Balaban J connectivity index is 2.12. The van der Waals surface area contributed by atoms with Crippen molar-refractivity contribution in [2.75, 3.05) is 13.1 Å². The molecule has 1 aliphatic rings. The van der Waals surface area contributed by atoms with Crippen molar-refractivity contribution in [1.82, 2.24) is 5.32 Å². The molecule has 1 saturated heterocycles. The van der Waals surface area contributed by atoms with Crippen molar-refractivity contribution in [3.05, 3.63) is 28.2 Å². The van der Waals surface area contributed by atoms with E-state index in [0.717, 1.165) is 36.2 Å². The summed E-state index contributed by atoms with van der Waals surface area (Å²) < 4.78 is 7.04. The lowest BCUT2D eigenvalue weighted by Gasteiger charge is -2.28. The van der Waals surface area contributed by atoms with Gasteiger partial charge in [-0.1, -0.05) is 29.3 Å². The predicted octanol–water partition coefficient (Wildman–Crippen LogP) is 2.75. The summed E-state index contributed by atoms with van der Waals surface area (Å²) in [6, 6.07) is 6.26. The summed E-state index contributed by atoms with van der Waals surface area (Å²) in [5, 5.41) is 3.21. The zero-order chi connectivity index (χ0) is 10.7. The minimum Gasteiger partial charge on any atom is -0.487 e. The maximum Gasteiger partial charge on any atom is 0.123 e. The highest BCUT2D eigenvalue weighted by molar-refractivity contribution is 9.10. The van der Waals surface area contributed by atoms with E-state index in [0.29, 0.717) is 6.10 Å². The van der Waals surface area contributed by atoms with Gasteiger partial charge < -0.3 is 10.1 Å². The maximum absolute atomic E-state index is 5.91. The van der Waals surface area contributed by atoms with E-state index in [9.17, 15) is 0 Å². The number of nitrogens with one attached hydrogen (secondary N) is 1. The van der Waals surface area contributed by atoms with Crippen molar-refractivity contribution in [1.29, 1.82) is 0 Å². The van der Waals surface area contributed by atoms with Crippen molar-refractivity contribution in [3.63, 3.8) is 0 Å². The molecule has 1 fully saturated rings. The van der Waals surface area contributed by atoms with E-state index in [4.69, 9.17) is 4.74 Å². The first-order valence-electron chi connectivity index (χ1n) is 5.45. The van der Waals surface area contributed by atoms with Crippen LogP contribution in [0, 0.1) is 0 Å². The third-order valence-corrected chi connectivity index (χ3v) is 3.07. The molecule has 15 heavy (non-hydrogen) atoms. The van der Waals surface area contributed by atoms with Crippen LogP contribution in [0.5, 0.6) is 5.75 Å². The molecule has 1 aromatic carbocycles. The lowest BCUT2D eigenvalue weighted by Crippen LogP contribution is -2.50. The molecular formula is C12H16BrNO.